The lowest BCUT2D eigenvalue weighted by molar-refractivity contribution is -0.131. The van der Waals surface area contributed by atoms with E-state index in [1.807, 2.05) is 78.9 Å². The fourth-order valence-corrected chi connectivity index (χ4v) is 3.34. The maximum absolute atomic E-state index is 11.6. The van der Waals surface area contributed by atoms with Gasteiger partial charge in [0, 0.05) is 6.92 Å². The highest BCUT2D eigenvalue weighted by molar-refractivity contribution is 5.76. The standard InChI is InChI=1S/C26H23N3O4/c1-18(30)33-22-12-8-7-11-21(22)26-27-25(28-29(26)20-9-5-4-6-10-20)16-14-19-13-15-23(31-2)24(17-19)32-3/h4-17H,1-3H3/b16-14+. The highest BCUT2D eigenvalue weighted by atomic mass is 16.5. The van der Waals surface area contributed by atoms with Crippen LogP contribution in [0.15, 0.2) is 72.8 Å². The van der Waals surface area contributed by atoms with E-state index in [9.17, 15) is 4.79 Å². The SMILES string of the molecule is COc1ccc(/C=C/c2nc(-c3ccccc3OC(C)=O)n(-c3ccccc3)n2)cc1OC. The predicted molar refractivity (Wildman–Crippen MR) is 127 cm³/mol. The van der Waals surface area contributed by atoms with E-state index in [1.54, 1.807) is 25.0 Å². The maximum Gasteiger partial charge on any atom is 0.308 e. The van der Waals surface area contributed by atoms with E-state index in [4.69, 9.17) is 24.3 Å². The van der Waals surface area contributed by atoms with Crippen LogP contribution in [0.2, 0.25) is 0 Å². The zero-order valence-electron chi connectivity index (χ0n) is 18.6. The zero-order valence-corrected chi connectivity index (χ0v) is 18.6. The quantitative estimate of drug-likeness (QED) is 0.295. The van der Waals surface area contributed by atoms with Gasteiger partial charge >= 0.3 is 5.97 Å². The number of hydrogen-bond acceptors (Lipinski definition) is 6. The number of benzene rings is 3. The molecule has 3 aromatic carbocycles. The van der Waals surface area contributed by atoms with Crippen molar-refractivity contribution in [1.82, 2.24) is 14.8 Å². The Morgan fingerprint density at radius 2 is 1.58 bits per heavy atom. The van der Waals surface area contributed by atoms with Gasteiger partial charge in [0.15, 0.2) is 23.1 Å². The molecule has 0 spiro atoms. The molecule has 0 saturated heterocycles. The molecule has 0 unspecified atom stereocenters. The molecule has 1 heterocycles. The van der Waals surface area contributed by atoms with E-state index < -0.39 is 5.97 Å². The van der Waals surface area contributed by atoms with Crippen LogP contribution < -0.4 is 14.2 Å². The van der Waals surface area contributed by atoms with Gasteiger partial charge in [-0.1, -0.05) is 42.5 Å². The summed E-state index contributed by atoms with van der Waals surface area (Å²) < 4.78 is 17.8. The van der Waals surface area contributed by atoms with Crippen LogP contribution in [0, 0.1) is 0 Å². The lowest BCUT2D eigenvalue weighted by Crippen LogP contribution is -2.05. The number of aromatic nitrogens is 3. The number of rotatable bonds is 7. The Kier molecular flexibility index (Phi) is 6.50. The summed E-state index contributed by atoms with van der Waals surface area (Å²) in [5.41, 5.74) is 2.41. The van der Waals surface area contributed by atoms with Gasteiger partial charge in [-0.25, -0.2) is 9.67 Å². The average Bonchev–Trinajstić information content (AvgIpc) is 3.27. The van der Waals surface area contributed by atoms with Crippen molar-refractivity contribution in [2.45, 2.75) is 6.92 Å². The molecular weight excluding hydrogens is 418 g/mol. The van der Waals surface area contributed by atoms with Crippen molar-refractivity contribution in [2.24, 2.45) is 0 Å². The number of ether oxygens (including phenoxy) is 3. The van der Waals surface area contributed by atoms with E-state index in [-0.39, 0.29) is 0 Å². The summed E-state index contributed by atoms with van der Waals surface area (Å²) in [5, 5.41) is 4.69. The summed E-state index contributed by atoms with van der Waals surface area (Å²) in [7, 11) is 3.20. The van der Waals surface area contributed by atoms with Gasteiger partial charge in [0.2, 0.25) is 0 Å². The van der Waals surface area contributed by atoms with Crippen molar-refractivity contribution in [2.75, 3.05) is 14.2 Å². The van der Waals surface area contributed by atoms with Crippen molar-refractivity contribution in [3.63, 3.8) is 0 Å². The largest absolute Gasteiger partial charge is 0.493 e. The van der Waals surface area contributed by atoms with Crippen LogP contribution in [0.1, 0.15) is 18.3 Å². The molecule has 0 radical (unpaired) electrons. The number of nitrogens with zero attached hydrogens (tertiary/aromatic N) is 3. The first-order valence-corrected chi connectivity index (χ1v) is 10.3. The molecule has 0 aliphatic heterocycles. The Morgan fingerprint density at radius 1 is 0.848 bits per heavy atom. The van der Waals surface area contributed by atoms with Gasteiger partial charge in [-0.3, -0.25) is 4.79 Å². The Hall–Kier alpha value is -4.39. The Bertz CT molecular complexity index is 1300. The molecule has 0 saturated carbocycles. The highest BCUT2D eigenvalue weighted by Crippen LogP contribution is 2.31. The van der Waals surface area contributed by atoms with Gasteiger partial charge in [0.25, 0.3) is 0 Å². The van der Waals surface area contributed by atoms with Gasteiger partial charge in [0.05, 0.1) is 25.5 Å². The van der Waals surface area contributed by atoms with Crippen LogP contribution in [-0.2, 0) is 4.79 Å². The molecule has 0 atom stereocenters. The number of esters is 1. The van der Waals surface area contributed by atoms with Crippen LogP contribution in [-0.4, -0.2) is 35.0 Å². The van der Waals surface area contributed by atoms with Gasteiger partial charge in [-0.05, 0) is 48.0 Å². The van der Waals surface area contributed by atoms with Crippen molar-refractivity contribution < 1.29 is 19.0 Å². The molecule has 0 amide bonds. The first-order valence-electron chi connectivity index (χ1n) is 10.3. The van der Waals surface area contributed by atoms with E-state index >= 15 is 0 Å². The molecule has 33 heavy (non-hydrogen) atoms. The molecule has 1 aromatic heterocycles. The minimum Gasteiger partial charge on any atom is -0.493 e. The number of carbonyl (C=O) groups is 1. The zero-order chi connectivity index (χ0) is 23.2. The second kappa shape index (κ2) is 9.82. The van der Waals surface area contributed by atoms with Crippen LogP contribution in [0.5, 0.6) is 17.2 Å². The van der Waals surface area contributed by atoms with E-state index in [1.165, 1.54) is 6.92 Å². The summed E-state index contributed by atoms with van der Waals surface area (Å²) in [6, 6.07) is 22.6. The fourth-order valence-electron chi connectivity index (χ4n) is 3.34. The average molecular weight is 441 g/mol. The third-order valence-corrected chi connectivity index (χ3v) is 4.84. The molecule has 0 N–H and O–H groups in total. The minimum absolute atomic E-state index is 0.401. The van der Waals surface area contributed by atoms with Crippen molar-refractivity contribution in [1.29, 1.82) is 0 Å². The Labute approximate surface area is 191 Å². The number of methoxy groups -OCH3 is 2. The van der Waals surface area contributed by atoms with E-state index in [2.05, 4.69) is 0 Å². The molecule has 0 aliphatic carbocycles. The van der Waals surface area contributed by atoms with Crippen LogP contribution in [0.4, 0.5) is 0 Å². The molecule has 4 aromatic rings. The molecular formula is C26H23N3O4. The summed E-state index contributed by atoms with van der Waals surface area (Å²) in [4.78, 5) is 16.4. The summed E-state index contributed by atoms with van der Waals surface area (Å²) in [6.07, 6.45) is 3.72. The molecule has 4 rings (SSSR count). The fraction of sp³-hybridized carbons (Fsp3) is 0.115. The molecule has 7 heteroatoms. The van der Waals surface area contributed by atoms with Crippen LogP contribution in [0.25, 0.3) is 29.2 Å². The third-order valence-electron chi connectivity index (χ3n) is 4.84. The second-order valence-electron chi connectivity index (χ2n) is 7.08. The maximum atomic E-state index is 11.6. The van der Waals surface area contributed by atoms with Crippen molar-refractivity contribution >= 4 is 18.1 Å². The van der Waals surface area contributed by atoms with Crippen LogP contribution >= 0.6 is 0 Å². The van der Waals surface area contributed by atoms with E-state index in [0.29, 0.717) is 34.5 Å². The number of hydrogen-bond donors (Lipinski definition) is 0. The predicted octanol–water partition coefficient (Wildman–Crippen LogP) is 5.05. The summed E-state index contributed by atoms with van der Waals surface area (Å²) in [6.45, 7) is 1.37. The van der Waals surface area contributed by atoms with Crippen molar-refractivity contribution in [3.8, 4) is 34.3 Å². The lowest BCUT2D eigenvalue weighted by atomic mass is 10.1. The Morgan fingerprint density at radius 3 is 2.30 bits per heavy atom. The number of para-hydroxylation sites is 2. The monoisotopic (exact) mass is 441 g/mol. The normalized spacial score (nSPS) is 10.9. The summed E-state index contributed by atoms with van der Waals surface area (Å²) >= 11 is 0. The summed E-state index contributed by atoms with van der Waals surface area (Å²) in [5.74, 6) is 2.38. The first-order chi connectivity index (χ1) is 16.1. The van der Waals surface area contributed by atoms with Gasteiger partial charge in [-0.2, -0.15) is 0 Å². The topological polar surface area (TPSA) is 75.5 Å². The number of carbonyl (C=O) groups excluding carboxylic acids is 1. The van der Waals surface area contributed by atoms with Crippen LogP contribution in [0.3, 0.4) is 0 Å². The third kappa shape index (κ3) is 4.93. The van der Waals surface area contributed by atoms with Gasteiger partial charge in [-0.15, -0.1) is 5.10 Å². The van der Waals surface area contributed by atoms with Gasteiger partial charge in [0.1, 0.15) is 5.75 Å². The minimum atomic E-state index is -0.401. The second-order valence-corrected chi connectivity index (χ2v) is 7.08. The molecule has 0 bridgehead atoms. The molecule has 0 aliphatic rings. The molecule has 0 fully saturated rings. The molecule has 166 valence electrons. The first kappa shape index (κ1) is 21.8. The highest BCUT2D eigenvalue weighted by Gasteiger charge is 2.17. The smallest absolute Gasteiger partial charge is 0.308 e. The van der Waals surface area contributed by atoms with Gasteiger partial charge < -0.3 is 14.2 Å². The molecule has 7 nitrogen and oxygen atoms in total. The van der Waals surface area contributed by atoms with E-state index in [0.717, 1.165) is 11.3 Å². The van der Waals surface area contributed by atoms with Crippen molar-refractivity contribution in [3.05, 3.63) is 84.2 Å². The lowest BCUT2D eigenvalue weighted by Gasteiger charge is -2.09. The Balaban J connectivity index is 1.77.